The van der Waals surface area contributed by atoms with Crippen molar-refractivity contribution in [1.82, 2.24) is 20.1 Å². The highest BCUT2D eigenvalue weighted by molar-refractivity contribution is 5.92. The summed E-state index contributed by atoms with van der Waals surface area (Å²) in [6, 6.07) is 10.4. The minimum absolute atomic E-state index is 0.0459. The summed E-state index contributed by atoms with van der Waals surface area (Å²) in [5.41, 5.74) is 1.70. The third-order valence-electron chi connectivity index (χ3n) is 4.01. The molecule has 6 heteroatoms. The van der Waals surface area contributed by atoms with Crippen LogP contribution in [0, 0.1) is 0 Å². The largest absolute Gasteiger partial charge is 0.447 e. The first kappa shape index (κ1) is 15.7. The molecule has 122 valence electrons. The van der Waals surface area contributed by atoms with Crippen molar-refractivity contribution in [3.05, 3.63) is 53.7 Å². The van der Waals surface area contributed by atoms with Crippen LogP contribution in [0.4, 0.5) is 0 Å². The van der Waals surface area contributed by atoms with Gasteiger partial charge in [0.15, 0.2) is 5.69 Å². The van der Waals surface area contributed by atoms with Crippen LogP contribution in [0.3, 0.4) is 0 Å². The molecule has 0 unspecified atom stereocenters. The van der Waals surface area contributed by atoms with Crippen LogP contribution in [0.15, 0.2) is 41.0 Å². The predicted octanol–water partition coefficient (Wildman–Crippen LogP) is 1.35. The maximum absolute atomic E-state index is 12.4. The number of nitrogens with zero attached hydrogens (tertiary/aromatic N) is 3. The van der Waals surface area contributed by atoms with Gasteiger partial charge in [-0.25, -0.2) is 4.98 Å². The number of carbonyl (C=O) groups excluding carboxylic acids is 1. The van der Waals surface area contributed by atoms with E-state index < -0.39 is 0 Å². The first-order chi connectivity index (χ1) is 11.3. The van der Waals surface area contributed by atoms with E-state index in [9.17, 15) is 4.79 Å². The van der Waals surface area contributed by atoms with E-state index in [1.807, 2.05) is 18.0 Å². The number of benzene rings is 1. The summed E-state index contributed by atoms with van der Waals surface area (Å²) >= 11 is 0. The lowest BCUT2D eigenvalue weighted by atomic mass is 10.2. The van der Waals surface area contributed by atoms with E-state index in [1.165, 1.54) is 11.8 Å². The Morgan fingerprint density at radius 1 is 1.22 bits per heavy atom. The lowest BCUT2D eigenvalue weighted by molar-refractivity contribution is 0.0622. The average Bonchev–Trinajstić information content (AvgIpc) is 3.05. The summed E-state index contributed by atoms with van der Waals surface area (Å²) in [5, 5.41) is 2.96. The average molecular weight is 314 g/mol. The van der Waals surface area contributed by atoms with Crippen LogP contribution in [0.5, 0.6) is 0 Å². The molecule has 1 aromatic carbocycles. The lowest BCUT2D eigenvalue weighted by Crippen LogP contribution is -2.48. The number of amides is 1. The number of aromatic nitrogens is 1. The molecule has 1 aliphatic heterocycles. The summed E-state index contributed by atoms with van der Waals surface area (Å²) in [4.78, 5) is 20.9. The van der Waals surface area contributed by atoms with Gasteiger partial charge < -0.3 is 14.6 Å². The molecule has 0 radical (unpaired) electrons. The van der Waals surface area contributed by atoms with Crippen molar-refractivity contribution in [3.63, 3.8) is 0 Å². The molecule has 1 fully saturated rings. The third kappa shape index (κ3) is 3.97. The van der Waals surface area contributed by atoms with Crippen molar-refractivity contribution in [3.8, 4) is 0 Å². The van der Waals surface area contributed by atoms with Gasteiger partial charge in [-0.15, -0.1) is 0 Å². The Morgan fingerprint density at radius 2 is 1.96 bits per heavy atom. The molecule has 23 heavy (non-hydrogen) atoms. The van der Waals surface area contributed by atoms with Gasteiger partial charge in [0.05, 0.1) is 6.54 Å². The number of oxazole rings is 1. The zero-order chi connectivity index (χ0) is 16.1. The summed E-state index contributed by atoms with van der Waals surface area (Å²) in [6.07, 6.45) is 1.45. The van der Waals surface area contributed by atoms with Crippen LogP contribution in [0.25, 0.3) is 0 Å². The van der Waals surface area contributed by atoms with Gasteiger partial charge in [0.2, 0.25) is 5.89 Å². The molecule has 1 aromatic heterocycles. The third-order valence-corrected chi connectivity index (χ3v) is 4.01. The normalized spacial score (nSPS) is 15.8. The van der Waals surface area contributed by atoms with Crippen LogP contribution >= 0.6 is 0 Å². The van der Waals surface area contributed by atoms with Crippen molar-refractivity contribution in [1.29, 1.82) is 0 Å². The molecule has 2 aromatic rings. The molecule has 0 bridgehead atoms. The Balaban J connectivity index is 1.52. The van der Waals surface area contributed by atoms with Crippen LogP contribution < -0.4 is 5.32 Å². The molecule has 1 N–H and O–H groups in total. The molecule has 1 aliphatic rings. The molecule has 1 amide bonds. The van der Waals surface area contributed by atoms with Crippen molar-refractivity contribution < 1.29 is 9.21 Å². The minimum atomic E-state index is -0.0459. The maximum Gasteiger partial charge on any atom is 0.275 e. The fraction of sp³-hybridized carbons (Fsp3) is 0.412. The number of piperazine rings is 1. The second-order valence-electron chi connectivity index (χ2n) is 5.71. The number of hydrogen-bond donors (Lipinski definition) is 1. The maximum atomic E-state index is 12.4. The van der Waals surface area contributed by atoms with E-state index in [2.05, 4.69) is 39.5 Å². The number of rotatable bonds is 5. The van der Waals surface area contributed by atoms with E-state index in [4.69, 9.17) is 4.42 Å². The van der Waals surface area contributed by atoms with E-state index in [-0.39, 0.29) is 5.91 Å². The number of nitrogens with one attached hydrogen (secondary N) is 1. The van der Waals surface area contributed by atoms with E-state index in [0.29, 0.717) is 18.1 Å². The smallest absolute Gasteiger partial charge is 0.275 e. The Labute approximate surface area is 136 Å². The van der Waals surface area contributed by atoms with E-state index >= 15 is 0 Å². The van der Waals surface area contributed by atoms with Gasteiger partial charge in [-0.3, -0.25) is 9.69 Å². The molecule has 0 spiro atoms. The van der Waals surface area contributed by atoms with Crippen molar-refractivity contribution in [2.45, 2.75) is 13.1 Å². The Hall–Kier alpha value is -2.18. The zero-order valence-corrected chi connectivity index (χ0v) is 13.4. The molecule has 3 rings (SSSR count). The summed E-state index contributed by atoms with van der Waals surface area (Å²) in [7, 11) is 1.82. The molecule has 0 atom stereocenters. The summed E-state index contributed by atoms with van der Waals surface area (Å²) in [6.45, 7) is 4.65. The summed E-state index contributed by atoms with van der Waals surface area (Å²) < 4.78 is 5.29. The topological polar surface area (TPSA) is 61.6 Å². The molecule has 6 nitrogen and oxygen atoms in total. The van der Waals surface area contributed by atoms with Gasteiger partial charge in [-0.2, -0.15) is 0 Å². The number of carbonyl (C=O) groups is 1. The second-order valence-corrected chi connectivity index (χ2v) is 5.71. The SMILES string of the molecule is CNCc1nc(C(=O)N2CCN(Cc3ccccc3)CC2)co1. The lowest BCUT2D eigenvalue weighted by Gasteiger charge is -2.34. The molecule has 2 heterocycles. The highest BCUT2D eigenvalue weighted by atomic mass is 16.3. The van der Waals surface area contributed by atoms with Crippen LogP contribution in [-0.2, 0) is 13.1 Å². The van der Waals surface area contributed by atoms with Gasteiger partial charge in [0.1, 0.15) is 6.26 Å². The second kappa shape index (κ2) is 7.39. The molecular weight excluding hydrogens is 292 g/mol. The van der Waals surface area contributed by atoms with E-state index in [0.717, 1.165) is 32.7 Å². The zero-order valence-electron chi connectivity index (χ0n) is 13.4. The van der Waals surface area contributed by atoms with Gasteiger partial charge >= 0.3 is 0 Å². The summed E-state index contributed by atoms with van der Waals surface area (Å²) in [5.74, 6) is 0.494. The van der Waals surface area contributed by atoms with Crippen LogP contribution in [-0.4, -0.2) is 53.9 Å². The first-order valence-corrected chi connectivity index (χ1v) is 7.91. The molecule has 0 aliphatic carbocycles. The van der Waals surface area contributed by atoms with Gasteiger partial charge in [-0.1, -0.05) is 30.3 Å². The fourth-order valence-electron chi connectivity index (χ4n) is 2.75. The quantitative estimate of drug-likeness (QED) is 0.903. The van der Waals surface area contributed by atoms with Gasteiger partial charge in [-0.05, 0) is 12.6 Å². The Kier molecular flexibility index (Phi) is 5.05. The van der Waals surface area contributed by atoms with Crippen molar-refractivity contribution in [2.75, 3.05) is 33.2 Å². The predicted molar refractivity (Wildman–Crippen MR) is 86.9 cm³/mol. The van der Waals surface area contributed by atoms with Crippen molar-refractivity contribution in [2.24, 2.45) is 0 Å². The highest BCUT2D eigenvalue weighted by Gasteiger charge is 2.24. The van der Waals surface area contributed by atoms with Crippen LogP contribution in [0.2, 0.25) is 0 Å². The van der Waals surface area contributed by atoms with E-state index in [1.54, 1.807) is 0 Å². The Bertz CT molecular complexity index is 633. The molecular formula is C17H22N4O2. The monoisotopic (exact) mass is 314 g/mol. The first-order valence-electron chi connectivity index (χ1n) is 7.91. The van der Waals surface area contributed by atoms with Crippen molar-refractivity contribution >= 4 is 5.91 Å². The fourth-order valence-corrected chi connectivity index (χ4v) is 2.75. The standard InChI is InChI=1S/C17H22N4O2/c1-18-11-16-19-15(13-23-16)17(22)21-9-7-20(8-10-21)12-14-5-3-2-4-6-14/h2-6,13,18H,7-12H2,1H3. The Morgan fingerprint density at radius 3 is 2.65 bits per heavy atom. The number of hydrogen-bond acceptors (Lipinski definition) is 5. The molecule has 0 saturated carbocycles. The van der Waals surface area contributed by atoms with Crippen LogP contribution in [0.1, 0.15) is 21.9 Å². The van der Waals surface area contributed by atoms with Gasteiger partial charge in [0.25, 0.3) is 5.91 Å². The van der Waals surface area contributed by atoms with Gasteiger partial charge in [0, 0.05) is 32.7 Å². The highest BCUT2D eigenvalue weighted by Crippen LogP contribution is 2.11. The molecule has 1 saturated heterocycles. The minimum Gasteiger partial charge on any atom is -0.447 e.